The number of hydrogen-bond acceptors (Lipinski definition) is 4. The Morgan fingerprint density at radius 2 is 2.41 bits per heavy atom. The van der Waals surface area contributed by atoms with Crippen molar-refractivity contribution in [3.63, 3.8) is 0 Å². The molecular formula is C13H26N2O2. The van der Waals surface area contributed by atoms with Gasteiger partial charge in [0.2, 0.25) is 0 Å². The van der Waals surface area contributed by atoms with E-state index in [9.17, 15) is 0 Å². The molecule has 4 heteroatoms. The molecule has 2 atom stereocenters. The molecule has 4 nitrogen and oxygen atoms in total. The van der Waals surface area contributed by atoms with Crippen molar-refractivity contribution in [2.24, 2.45) is 5.92 Å². The van der Waals surface area contributed by atoms with Gasteiger partial charge in [-0.25, -0.2) is 0 Å². The predicted octanol–water partition coefficient (Wildman–Crippen LogP) is 0.723. The number of nitrogens with one attached hydrogen (secondary N) is 1. The fourth-order valence-electron chi connectivity index (χ4n) is 2.92. The Bertz CT molecular complexity index is 229. The molecular weight excluding hydrogens is 216 g/mol. The molecule has 0 saturated carbocycles. The van der Waals surface area contributed by atoms with Gasteiger partial charge >= 0.3 is 0 Å². The van der Waals surface area contributed by atoms with Crippen LogP contribution in [0.1, 0.15) is 19.8 Å². The lowest BCUT2D eigenvalue weighted by atomic mass is 10.0. The third-order valence-electron chi connectivity index (χ3n) is 4.06. The van der Waals surface area contributed by atoms with Gasteiger partial charge in [0.05, 0.1) is 6.61 Å². The first-order valence-corrected chi connectivity index (χ1v) is 6.84. The number of likely N-dealkylation sites (tertiary alicyclic amines) is 1. The minimum Gasteiger partial charge on any atom is -0.378 e. The maximum Gasteiger partial charge on any atom is 0.106 e. The molecule has 17 heavy (non-hydrogen) atoms. The zero-order chi connectivity index (χ0) is 12.1. The molecule has 2 saturated heterocycles. The summed E-state index contributed by atoms with van der Waals surface area (Å²) in [6.07, 6.45) is 2.35. The normalized spacial score (nSPS) is 34.6. The molecule has 1 N–H and O–H groups in total. The first-order chi connectivity index (χ1) is 8.28. The standard InChI is InChI=1S/C13H26N2O2/c1-3-14-8-12-4-6-15(9-12)10-13(16-2)5-7-17-11-13/h12,14H,3-11H2,1-2H3. The van der Waals surface area contributed by atoms with Crippen LogP contribution in [0, 0.1) is 5.92 Å². The average molecular weight is 242 g/mol. The van der Waals surface area contributed by atoms with E-state index in [4.69, 9.17) is 9.47 Å². The van der Waals surface area contributed by atoms with Crippen LogP contribution in [0.25, 0.3) is 0 Å². The summed E-state index contributed by atoms with van der Waals surface area (Å²) in [5, 5.41) is 3.45. The third-order valence-corrected chi connectivity index (χ3v) is 4.06. The summed E-state index contributed by atoms with van der Waals surface area (Å²) in [7, 11) is 1.82. The maximum atomic E-state index is 5.69. The van der Waals surface area contributed by atoms with E-state index in [0.29, 0.717) is 0 Å². The minimum absolute atomic E-state index is 0.0346. The van der Waals surface area contributed by atoms with Crippen LogP contribution in [0.3, 0.4) is 0 Å². The molecule has 2 fully saturated rings. The lowest BCUT2D eigenvalue weighted by molar-refractivity contribution is -0.0375. The Labute approximate surface area is 105 Å². The fourth-order valence-corrected chi connectivity index (χ4v) is 2.92. The topological polar surface area (TPSA) is 33.7 Å². The minimum atomic E-state index is -0.0346. The molecule has 2 heterocycles. The predicted molar refractivity (Wildman–Crippen MR) is 68.3 cm³/mol. The molecule has 0 aromatic heterocycles. The third kappa shape index (κ3) is 3.41. The van der Waals surface area contributed by atoms with E-state index in [0.717, 1.165) is 45.2 Å². The number of hydrogen-bond donors (Lipinski definition) is 1. The lowest BCUT2D eigenvalue weighted by Crippen LogP contribution is -2.44. The van der Waals surface area contributed by atoms with Crippen LogP contribution in [-0.4, -0.2) is 63.5 Å². The van der Waals surface area contributed by atoms with Gasteiger partial charge in [-0.3, -0.25) is 0 Å². The van der Waals surface area contributed by atoms with Crippen LogP contribution >= 0.6 is 0 Å². The summed E-state index contributed by atoms with van der Waals surface area (Å²) in [5.41, 5.74) is -0.0346. The first-order valence-electron chi connectivity index (χ1n) is 6.84. The van der Waals surface area contributed by atoms with Gasteiger partial charge in [-0.1, -0.05) is 6.92 Å². The Morgan fingerprint density at radius 3 is 3.06 bits per heavy atom. The van der Waals surface area contributed by atoms with Gasteiger partial charge < -0.3 is 19.7 Å². The van der Waals surface area contributed by atoms with Gasteiger partial charge in [0.25, 0.3) is 0 Å². The quantitative estimate of drug-likeness (QED) is 0.744. The first kappa shape index (κ1) is 13.3. The van der Waals surface area contributed by atoms with E-state index in [-0.39, 0.29) is 5.60 Å². The fraction of sp³-hybridized carbons (Fsp3) is 1.00. The molecule has 0 aromatic rings. The monoisotopic (exact) mass is 242 g/mol. The zero-order valence-corrected chi connectivity index (χ0v) is 11.2. The van der Waals surface area contributed by atoms with E-state index in [1.165, 1.54) is 19.5 Å². The van der Waals surface area contributed by atoms with Gasteiger partial charge in [0.15, 0.2) is 0 Å². The lowest BCUT2D eigenvalue weighted by Gasteiger charge is -2.30. The van der Waals surface area contributed by atoms with Crippen LogP contribution in [0.5, 0.6) is 0 Å². The second-order valence-electron chi connectivity index (χ2n) is 5.39. The largest absolute Gasteiger partial charge is 0.378 e. The highest BCUT2D eigenvalue weighted by molar-refractivity contribution is 4.90. The number of ether oxygens (including phenoxy) is 2. The molecule has 0 spiro atoms. The molecule has 2 aliphatic rings. The molecule has 2 unspecified atom stereocenters. The van der Waals surface area contributed by atoms with Crippen molar-refractivity contribution < 1.29 is 9.47 Å². The van der Waals surface area contributed by atoms with Crippen molar-refractivity contribution in [2.75, 3.05) is 53.0 Å². The van der Waals surface area contributed by atoms with Crippen LogP contribution < -0.4 is 5.32 Å². The SMILES string of the molecule is CCNCC1CCN(CC2(OC)CCOC2)C1. The summed E-state index contributed by atoms with van der Waals surface area (Å²) in [6, 6.07) is 0. The number of rotatable bonds is 6. The summed E-state index contributed by atoms with van der Waals surface area (Å²) < 4.78 is 11.2. The highest BCUT2D eigenvalue weighted by Gasteiger charge is 2.38. The van der Waals surface area contributed by atoms with Gasteiger partial charge in [0.1, 0.15) is 5.60 Å². The van der Waals surface area contributed by atoms with Gasteiger partial charge in [-0.05, 0) is 32.0 Å². The Balaban J connectivity index is 1.76. The van der Waals surface area contributed by atoms with Crippen molar-refractivity contribution in [1.29, 1.82) is 0 Å². The summed E-state index contributed by atoms with van der Waals surface area (Å²) >= 11 is 0. The van der Waals surface area contributed by atoms with Gasteiger partial charge in [-0.15, -0.1) is 0 Å². The van der Waals surface area contributed by atoms with Crippen molar-refractivity contribution >= 4 is 0 Å². The molecule has 0 aromatic carbocycles. The number of nitrogens with zero attached hydrogens (tertiary/aromatic N) is 1. The van der Waals surface area contributed by atoms with Crippen molar-refractivity contribution in [3.05, 3.63) is 0 Å². The molecule has 2 rings (SSSR count). The summed E-state index contributed by atoms with van der Waals surface area (Å²) in [6.45, 7) is 9.46. The van der Waals surface area contributed by atoms with E-state index in [1.807, 2.05) is 7.11 Å². The van der Waals surface area contributed by atoms with Gasteiger partial charge in [-0.2, -0.15) is 0 Å². The molecule has 0 radical (unpaired) electrons. The molecule has 0 aliphatic carbocycles. The van der Waals surface area contributed by atoms with Crippen molar-refractivity contribution in [3.8, 4) is 0 Å². The highest BCUT2D eigenvalue weighted by atomic mass is 16.5. The van der Waals surface area contributed by atoms with Crippen LogP contribution in [0.15, 0.2) is 0 Å². The molecule has 0 amide bonds. The Kier molecular flexibility index (Phi) is 4.79. The van der Waals surface area contributed by atoms with Crippen molar-refractivity contribution in [1.82, 2.24) is 10.2 Å². The summed E-state index contributed by atoms with van der Waals surface area (Å²) in [5.74, 6) is 0.811. The van der Waals surface area contributed by atoms with Crippen LogP contribution in [0.4, 0.5) is 0 Å². The average Bonchev–Trinajstić information content (AvgIpc) is 2.97. The zero-order valence-electron chi connectivity index (χ0n) is 11.2. The Hall–Kier alpha value is -0.160. The maximum absolute atomic E-state index is 5.69. The smallest absolute Gasteiger partial charge is 0.106 e. The molecule has 2 aliphatic heterocycles. The van der Waals surface area contributed by atoms with Gasteiger partial charge in [0, 0.05) is 33.2 Å². The van der Waals surface area contributed by atoms with Crippen LogP contribution in [0.2, 0.25) is 0 Å². The van der Waals surface area contributed by atoms with E-state index in [1.54, 1.807) is 0 Å². The second-order valence-corrected chi connectivity index (χ2v) is 5.39. The molecule has 0 bridgehead atoms. The van der Waals surface area contributed by atoms with E-state index in [2.05, 4.69) is 17.1 Å². The van der Waals surface area contributed by atoms with E-state index < -0.39 is 0 Å². The van der Waals surface area contributed by atoms with E-state index >= 15 is 0 Å². The highest BCUT2D eigenvalue weighted by Crippen LogP contribution is 2.26. The summed E-state index contributed by atoms with van der Waals surface area (Å²) in [4.78, 5) is 2.54. The second kappa shape index (κ2) is 6.14. The van der Waals surface area contributed by atoms with Crippen LogP contribution in [-0.2, 0) is 9.47 Å². The Morgan fingerprint density at radius 1 is 1.53 bits per heavy atom. The molecule has 100 valence electrons. The number of methoxy groups -OCH3 is 1. The van der Waals surface area contributed by atoms with Crippen molar-refractivity contribution in [2.45, 2.75) is 25.4 Å².